The molecule has 7 nitrogen and oxygen atoms in total. The molecule has 0 spiro atoms. The van der Waals surface area contributed by atoms with E-state index in [1.807, 2.05) is 0 Å². The normalized spacial score (nSPS) is 15.8. The first-order valence-electron chi connectivity index (χ1n) is 8.53. The SMILES string of the molecule is O=C(CCc1nc(C2CCCC2)no1)NC(C(=O)O)c1ccccc1. The van der Waals surface area contributed by atoms with E-state index in [9.17, 15) is 14.7 Å². The molecule has 7 heteroatoms. The minimum atomic E-state index is -1.10. The van der Waals surface area contributed by atoms with Crippen LogP contribution in [0, 0.1) is 0 Å². The van der Waals surface area contributed by atoms with Crippen LogP contribution < -0.4 is 5.32 Å². The molecule has 0 bridgehead atoms. The Hall–Kier alpha value is -2.70. The Morgan fingerprint density at radius 3 is 2.64 bits per heavy atom. The second-order valence-corrected chi connectivity index (χ2v) is 6.28. The lowest BCUT2D eigenvalue weighted by Crippen LogP contribution is -2.33. The van der Waals surface area contributed by atoms with Gasteiger partial charge in [-0.2, -0.15) is 4.98 Å². The molecule has 0 saturated heterocycles. The minimum absolute atomic E-state index is 0.100. The van der Waals surface area contributed by atoms with Crippen molar-refractivity contribution in [1.82, 2.24) is 15.5 Å². The van der Waals surface area contributed by atoms with Gasteiger partial charge in [-0.25, -0.2) is 4.79 Å². The molecule has 1 amide bonds. The number of nitrogens with zero attached hydrogens (tertiary/aromatic N) is 2. The van der Waals surface area contributed by atoms with Crippen molar-refractivity contribution >= 4 is 11.9 Å². The number of hydrogen-bond acceptors (Lipinski definition) is 5. The summed E-state index contributed by atoms with van der Waals surface area (Å²) in [5.41, 5.74) is 0.532. The Kier molecular flexibility index (Phi) is 5.42. The number of hydrogen-bond donors (Lipinski definition) is 2. The van der Waals surface area contributed by atoms with Crippen molar-refractivity contribution in [3.05, 3.63) is 47.6 Å². The molecule has 0 radical (unpaired) electrons. The van der Waals surface area contributed by atoms with Crippen molar-refractivity contribution in [2.24, 2.45) is 0 Å². The molecule has 2 N–H and O–H groups in total. The Labute approximate surface area is 145 Å². The predicted octanol–water partition coefficient (Wildman–Crippen LogP) is 2.60. The quantitative estimate of drug-likeness (QED) is 0.800. The minimum Gasteiger partial charge on any atom is -0.479 e. The summed E-state index contributed by atoms with van der Waals surface area (Å²) in [7, 11) is 0. The third-order valence-electron chi connectivity index (χ3n) is 4.46. The number of amides is 1. The van der Waals surface area contributed by atoms with Crippen LogP contribution in [0.2, 0.25) is 0 Å². The number of aromatic nitrogens is 2. The molecule has 1 heterocycles. The van der Waals surface area contributed by atoms with Gasteiger partial charge in [-0.3, -0.25) is 4.79 Å². The number of carbonyl (C=O) groups is 2. The van der Waals surface area contributed by atoms with Crippen LogP contribution >= 0.6 is 0 Å². The first kappa shape index (κ1) is 17.1. The fourth-order valence-electron chi connectivity index (χ4n) is 3.11. The Balaban J connectivity index is 1.54. The highest BCUT2D eigenvalue weighted by Gasteiger charge is 2.24. The first-order chi connectivity index (χ1) is 12.1. The standard InChI is InChI=1S/C18H21N3O4/c22-14(19-16(18(23)24)12-6-2-1-3-7-12)10-11-15-20-17(21-25-15)13-8-4-5-9-13/h1-3,6-7,13,16H,4-5,8-11H2,(H,19,22)(H,23,24). The summed E-state index contributed by atoms with van der Waals surface area (Å²) in [4.78, 5) is 27.9. The van der Waals surface area contributed by atoms with E-state index in [2.05, 4.69) is 15.5 Å². The Bertz CT molecular complexity index is 723. The van der Waals surface area contributed by atoms with Gasteiger partial charge < -0.3 is 14.9 Å². The molecule has 25 heavy (non-hydrogen) atoms. The lowest BCUT2D eigenvalue weighted by Gasteiger charge is -2.14. The van der Waals surface area contributed by atoms with Crippen LogP contribution in [0.25, 0.3) is 0 Å². The van der Waals surface area contributed by atoms with Gasteiger partial charge in [0.25, 0.3) is 0 Å². The number of carbonyl (C=O) groups excluding carboxylic acids is 1. The summed E-state index contributed by atoms with van der Waals surface area (Å²) < 4.78 is 5.21. The molecule has 1 aromatic carbocycles. The van der Waals surface area contributed by atoms with Crippen molar-refractivity contribution in [3.63, 3.8) is 0 Å². The van der Waals surface area contributed by atoms with Gasteiger partial charge in [-0.1, -0.05) is 48.3 Å². The van der Waals surface area contributed by atoms with E-state index < -0.39 is 12.0 Å². The largest absolute Gasteiger partial charge is 0.479 e. The van der Waals surface area contributed by atoms with Gasteiger partial charge in [0.05, 0.1) is 0 Å². The van der Waals surface area contributed by atoms with Gasteiger partial charge in [0.2, 0.25) is 11.8 Å². The van der Waals surface area contributed by atoms with E-state index in [1.165, 1.54) is 12.8 Å². The molecule has 1 fully saturated rings. The van der Waals surface area contributed by atoms with Gasteiger partial charge in [-0.15, -0.1) is 0 Å². The van der Waals surface area contributed by atoms with Gasteiger partial charge >= 0.3 is 5.97 Å². The average molecular weight is 343 g/mol. The smallest absolute Gasteiger partial charge is 0.330 e. The van der Waals surface area contributed by atoms with E-state index in [1.54, 1.807) is 30.3 Å². The third kappa shape index (κ3) is 4.43. The maximum atomic E-state index is 12.1. The van der Waals surface area contributed by atoms with Gasteiger partial charge in [0.15, 0.2) is 11.9 Å². The summed E-state index contributed by atoms with van der Waals surface area (Å²) in [6.45, 7) is 0. The fraction of sp³-hybridized carbons (Fsp3) is 0.444. The Morgan fingerprint density at radius 2 is 1.96 bits per heavy atom. The lowest BCUT2D eigenvalue weighted by molar-refractivity contribution is -0.142. The second kappa shape index (κ2) is 7.92. The van der Waals surface area contributed by atoms with E-state index in [0.29, 0.717) is 23.8 Å². The van der Waals surface area contributed by atoms with E-state index in [4.69, 9.17) is 4.52 Å². The molecule has 0 aliphatic heterocycles. The third-order valence-corrected chi connectivity index (χ3v) is 4.46. The highest BCUT2D eigenvalue weighted by atomic mass is 16.5. The molecule has 1 aromatic heterocycles. The van der Waals surface area contributed by atoms with Gasteiger partial charge in [0, 0.05) is 18.8 Å². The molecule has 1 aliphatic carbocycles. The summed E-state index contributed by atoms with van der Waals surface area (Å²) in [6.07, 6.45) is 4.93. The zero-order valence-electron chi connectivity index (χ0n) is 13.9. The average Bonchev–Trinajstić information content (AvgIpc) is 3.29. The summed E-state index contributed by atoms with van der Waals surface area (Å²) in [5.74, 6) is 0.0442. The summed E-state index contributed by atoms with van der Waals surface area (Å²) in [5, 5.41) is 15.9. The van der Waals surface area contributed by atoms with Crippen LogP contribution in [0.3, 0.4) is 0 Å². The van der Waals surface area contributed by atoms with Crippen LogP contribution in [-0.2, 0) is 16.0 Å². The topological polar surface area (TPSA) is 105 Å². The highest BCUT2D eigenvalue weighted by Crippen LogP contribution is 2.32. The second-order valence-electron chi connectivity index (χ2n) is 6.28. The first-order valence-corrected chi connectivity index (χ1v) is 8.53. The highest BCUT2D eigenvalue weighted by molar-refractivity contribution is 5.84. The van der Waals surface area contributed by atoms with Crippen LogP contribution in [0.1, 0.15) is 61.3 Å². The summed E-state index contributed by atoms with van der Waals surface area (Å²) in [6, 6.07) is 7.55. The number of benzene rings is 1. The van der Waals surface area contributed by atoms with Crippen molar-refractivity contribution in [3.8, 4) is 0 Å². The van der Waals surface area contributed by atoms with Crippen LogP contribution in [0.15, 0.2) is 34.9 Å². The number of nitrogens with one attached hydrogen (secondary N) is 1. The maximum absolute atomic E-state index is 12.1. The fourth-order valence-corrected chi connectivity index (χ4v) is 3.11. The lowest BCUT2D eigenvalue weighted by atomic mass is 10.1. The molecule has 3 rings (SSSR count). The molecule has 2 aromatic rings. The van der Waals surface area contributed by atoms with Gasteiger partial charge in [0.1, 0.15) is 0 Å². The van der Waals surface area contributed by atoms with Crippen molar-refractivity contribution < 1.29 is 19.2 Å². The molecule has 132 valence electrons. The van der Waals surface area contributed by atoms with Crippen molar-refractivity contribution in [1.29, 1.82) is 0 Å². The van der Waals surface area contributed by atoms with Crippen molar-refractivity contribution in [2.45, 2.75) is 50.5 Å². The molecule has 1 unspecified atom stereocenters. The molecule has 1 aliphatic rings. The number of aryl methyl sites for hydroxylation is 1. The molecular formula is C18H21N3O4. The summed E-state index contributed by atoms with van der Waals surface area (Å²) >= 11 is 0. The zero-order valence-corrected chi connectivity index (χ0v) is 13.9. The number of rotatable bonds is 7. The predicted molar refractivity (Wildman–Crippen MR) is 88.8 cm³/mol. The zero-order chi connectivity index (χ0) is 17.6. The number of carboxylic acid groups (broad SMARTS) is 1. The monoisotopic (exact) mass is 343 g/mol. The van der Waals surface area contributed by atoms with Crippen molar-refractivity contribution in [2.75, 3.05) is 0 Å². The van der Waals surface area contributed by atoms with Gasteiger partial charge in [-0.05, 0) is 18.4 Å². The molecule has 1 atom stereocenters. The van der Waals surface area contributed by atoms with Crippen LogP contribution in [0.4, 0.5) is 0 Å². The molecule has 1 saturated carbocycles. The van der Waals surface area contributed by atoms with E-state index >= 15 is 0 Å². The van der Waals surface area contributed by atoms with E-state index in [0.717, 1.165) is 18.7 Å². The van der Waals surface area contributed by atoms with Crippen LogP contribution in [-0.4, -0.2) is 27.1 Å². The maximum Gasteiger partial charge on any atom is 0.330 e. The van der Waals surface area contributed by atoms with E-state index in [-0.39, 0.29) is 12.3 Å². The Morgan fingerprint density at radius 1 is 1.24 bits per heavy atom. The number of aliphatic carboxylic acids is 1. The van der Waals surface area contributed by atoms with Crippen LogP contribution in [0.5, 0.6) is 0 Å². The molecular weight excluding hydrogens is 322 g/mol. The number of carboxylic acids is 1.